The molecule has 0 bridgehead atoms. The Bertz CT molecular complexity index is 2080. The summed E-state index contributed by atoms with van der Waals surface area (Å²) in [6, 6.07) is 20.2. The Balaban J connectivity index is 1.51. The van der Waals surface area contributed by atoms with Crippen LogP contribution in [-0.2, 0) is 27.5 Å². The Morgan fingerprint density at radius 3 is 2.44 bits per heavy atom. The lowest BCUT2D eigenvalue weighted by atomic mass is 9.55. The number of benzene rings is 3. The van der Waals surface area contributed by atoms with Crippen LogP contribution in [0.3, 0.4) is 0 Å². The van der Waals surface area contributed by atoms with Crippen LogP contribution in [0, 0.1) is 27.9 Å². The number of nitrogens with zero attached hydrogens (tertiary/aromatic N) is 3. The molecular weight excluding hydrogens is 809 g/mol. The number of aliphatic hydroxyl groups is 2. The molecule has 0 saturated heterocycles. The number of carbonyl (C=O) groups excluding carboxylic acids is 2. The lowest BCUT2D eigenvalue weighted by Gasteiger charge is -2.59. The number of fused-ring (bicyclic) bond motifs is 2. The first kappa shape index (κ1) is 46.7. The zero-order valence-electron chi connectivity index (χ0n) is 36.2. The molecule has 2 aliphatic carbocycles. The minimum Gasteiger partial charge on any atom is -0.459 e. The molecule has 63 heavy (non-hydrogen) atoms. The number of rotatable bonds is 22. The summed E-state index contributed by atoms with van der Waals surface area (Å²) in [5.41, 5.74) is 3.77. The van der Waals surface area contributed by atoms with Crippen LogP contribution >= 0.6 is 0 Å². The maximum atomic E-state index is 14.1. The number of hydrogen-bond donors (Lipinski definition) is 3. The van der Waals surface area contributed by atoms with Gasteiger partial charge in [-0.15, -0.1) is 6.58 Å². The van der Waals surface area contributed by atoms with Crippen molar-refractivity contribution in [1.82, 2.24) is 10.2 Å². The number of amides is 2. The number of nitrogens with one attached hydrogen (secondary N) is 1. The molecule has 3 aliphatic rings. The maximum absolute atomic E-state index is 14.1. The van der Waals surface area contributed by atoms with Gasteiger partial charge in [0.05, 0.1) is 29.8 Å². The lowest BCUT2D eigenvalue weighted by molar-refractivity contribution is -0.384. The number of nitro groups is 1. The van der Waals surface area contributed by atoms with Crippen molar-refractivity contribution in [1.29, 1.82) is 0 Å². The molecule has 0 radical (unpaired) electrons. The summed E-state index contributed by atoms with van der Waals surface area (Å²) < 4.78 is 25.8. The predicted molar refractivity (Wildman–Crippen MR) is 236 cm³/mol. The van der Waals surface area contributed by atoms with E-state index < -0.39 is 34.9 Å². The average Bonchev–Trinajstić information content (AvgIpc) is 3.29. The molecule has 0 unspecified atom stereocenters. The second kappa shape index (κ2) is 22.5. The Hall–Kier alpha value is -5.77. The van der Waals surface area contributed by atoms with Gasteiger partial charge in [-0.3, -0.25) is 15.0 Å². The molecule has 6 rings (SSSR count). The molecule has 15 nitrogen and oxygen atoms in total. The minimum absolute atomic E-state index is 0.0261. The number of oxime groups is 1. The molecule has 0 spiro atoms. The molecule has 3 aromatic rings. The number of aliphatic hydroxyl groups excluding tert-OH is 2. The maximum Gasteiger partial charge on any atom is 0.412 e. The molecule has 338 valence electrons. The zero-order chi connectivity index (χ0) is 44.8. The molecule has 1 fully saturated rings. The number of nitro benzene ring substituents is 1. The van der Waals surface area contributed by atoms with Crippen LogP contribution in [0.25, 0.3) is 0 Å². The molecular formula is C48H60N4O11. The fraction of sp³-hybridized carbons (Fsp3) is 0.479. The van der Waals surface area contributed by atoms with Gasteiger partial charge in [0.1, 0.15) is 24.1 Å². The SMILES string of the molecule is C=CCO[C@@]12Oc3ccc(OC(=O)NCc4ccccc4)cc3[C@H]3[C@H](CCCCO)[C@@H](CCCCO)C=C(C(=NOCc4ccc([N+](=O)[O-])cc4)C[C@@H]1N(CCC)C(=O)OCC)[C@H]32. The van der Waals surface area contributed by atoms with E-state index in [2.05, 4.69) is 18.0 Å². The van der Waals surface area contributed by atoms with Gasteiger partial charge in [-0.1, -0.05) is 67.4 Å². The first-order chi connectivity index (χ1) is 30.7. The van der Waals surface area contributed by atoms with Crippen LogP contribution in [0.4, 0.5) is 15.3 Å². The third-order valence-corrected chi connectivity index (χ3v) is 12.0. The number of carbonyl (C=O) groups is 2. The van der Waals surface area contributed by atoms with Crippen LogP contribution in [0.15, 0.2) is 102 Å². The topological polar surface area (TPSA) is 192 Å². The Morgan fingerprint density at radius 2 is 1.76 bits per heavy atom. The van der Waals surface area contributed by atoms with Crippen molar-refractivity contribution in [3.8, 4) is 11.5 Å². The van der Waals surface area contributed by atoms with E-state index in [1.807, 2.05) is 43.3 Å². The molecule has 3 N–H and O–H groups in total. The summed E-state index contributed by atoms with van der Waals surface area (Å²) in [4.78, 5) is 45.9. The second-order valence-corrected chi connectivity index (χ2v) is 16.1. The quantitative estimate of drug-likeness (QED) is 0.0379. The van der Waals surface area contributed by atoms with Gasteiger partial charge in [0.25, 0.3) is 5.69 Å². The number of hydrogen-bond acceptors (Lipinski definition) is 12. The molecule has 15 heteroatoms. The van der Waals surface area contributed by atoms with Gasteiger partial charge in [-0.25, -0.2) is 9.59 Å². The predicted octanol–water partition coefficient (Wildman–Crippen LogP) is 8.59. The average molecular weight is 869 g/mol. The van der Waals surface area contributed by atoms with Crippen LogP contribution < -0.4 is 14.8 Å². The molecule has 1 saturated carbocycles. The van der Waals surface area contributed by atoms with E-state index >= 15 is 0 Å². The number of unbranched alkanes of at least 4 members (excludes halogenated alkanes) is 2. The first-order valence-corrected chi connectivity index (χ1v) is 22.0. The molecule has 0 aromatic heterocycles. The smallest absolute Gasteiger partial charge is 0.412 e. The van der Waals surface area contributed by atoms with Crippen LogP contribution in [0.1, 0.15) is 87.8 Å². The molecule has 1 heterocycles. The van der Waals surface area contributed by atoms with E-state index in [1.54, 1.807) is 42.2 Å². The lowest BCUT2D eigenvalue weighted by Crippen LogP contribution is -2.70. The van der Waals surface area contributed by atoms with Gasteiger partial charge >= 0.3 is 12.2 Å². The van der Waals surface area contributed by atoms with Gasteiger partial charge in [0, 0.05) is 56.3 Å². The van der Waals surface area contributed by atoms with Gasteiger partial charge in [0.2, 0.25) is 5.79 Å². The third kappa shape index (κ3) is 11.1. The summed E-state index contributed by atoms with van der Waals surface area (Å²) in [7, 11) is 0. The Labute approximate surface area is 368 Å². The summed E-state index contributed by atoms with van der Waals surface area (Å²) >= 11 is 0. The molecule has 6 atom stereocenters. The summed E-state index contributed by atoms with van der Waals surface area (Å²) in [6.45, 7) is 8.67. The van der Waals surface area contributed by atoms with Crippen molar-refractivity contribution in [2.24, 2.45) is 22.9 Å². The minimum atomic E-state index is -1.49. The fourth-order valence-electron chi connectivity index (χ4n) is 9.35. The van der Waals surface area contributed by atoms with E-state index in [0.29, 0.717) is 48.6 Å². The molecule has 3 aromatic carbocycles. The van der Waals surface area contributed by atoms with Crippen molar-refractivity contribution in [2.75, 3.05) is 33.0 Å². The van der Waals surface area contributed by atoms with Gasteiger partial charge in [0.15, 0.2) is 0 Å². The number of non-ortho nitro benzene ring substituents is 1. The number of ether oxygens (including phenoxy) is 4. The van der Waals surface area contributed by atoms with Crippen molar-refractivity contribution < 1.29 is 48.5 Å². The van der Waals surface area contributed by atoms with Crippen molar-refractivity contribution in [3.05, 3.63) is 124 Å². The fourth-order valence-corrected chi connectivity index (χ4v) is 9.35. The highest BCUT2D eigenvalue weighted by molar-refractivity contribution is 6.03. The normalized spacial score (nSPS) is 22.7. The van der Waals surface area contributed by atoms with Crippen molar-refractivity contribution in [2.45, 2.75) is 96.1 Å². The van der Waals surface area contributed by atoms with Gasteiger partial charge in [-0.05, 0) is 97.9 Å². The number of allylic oxidation sites excluding steroid dienone is 1. The van der Waals surface area contributed by atoms with Crippen LogP contribution in [0.2, 0.25) is 0 Å². The van der Waals surface area contributed by atoms with Crippen LogP contribution in [-0.4, -0.2) is 82.7 Å². The largest absolute Gasteiger partial charge is 0.459 e. The zero-order valence-corrected chi connectivity index (χ0v) is 36.2. The van der Waals surface area contributed by atoms with E-state index in [9.17, 15) is 29.9 Å². The van der Waals surface area contributed by atoms with Crippen molar-refractivity contribution in [3.63, 3.8) is 0 Å². The van der Waals surface area contributed by atoms with E-state index in [-0.39, 0.29) is 69.4 Å². The molecule has 1 aliphatic heterocycles. The van der Waals surface area contributed by atoms with E-state index in [4.69, 9.17) is 28.9 Å². The monoisotopic (exact) mass is 868 g/mol. The molecule has 2 amide bonds. The highest BCUT2D eigenvalue weighted by atomic mass is 16.7. The summed E-state index contributed by atoms with van der Waals surface area (Å²) in [6.07, 6.45) is 7.68. The van der Waals surface area contributed by atoms with Gasteiger partial charge in [-0.2, -0.15) is 0 Å². The van der Waals surface area contributed by atoms with Gasteiger partial charge < -0.3 is 39.3 Å². The third-order valence-electron chi connectivity index (χ3n) is 12.0. The highest BCUT2D eigenvalue weighted by Gasteiger charge is 2.65. The van der Waals surface area contributed by atoms with Crippen LogP contribution in [0.5, 0.6) is 11.5 Å². The first-order valence-electron chi connectivity index (χ1n) is 22.0. The summed E-state index contributed by atoms with van der Waals surface area (Å²) in [5.74, 6) is -1.67. The van der Waals surface area contributed by atoms with Crippen molar-refractivity contribution >= 4 is 23.6 Å². The standard InChI is InChI=1S/C48H60N4O11/c1-4-24-51(47(56)59-6-3)43-30-41(50-61-32-34-18-20-36(21-19-34)52(57)58)39-28-35(16-10-12-25-53)38(17-11-13-26-54)44-40-29-37(62-46(55)49-31-33-14-8-7-9-15-33)22-23-42(40)63-48(43,45(39)44)60-27-5-2/h5,7-9,14-15,18-23,28-29,35,38,43-45,53-54H,2,4,6,10-13,16-17,24-27,30-32H2,1,3H3,(H,49,55)/t35-,38+,43-,44+,45+,48+/m0/s1. The van der Waals surface area contributed by atoms with E-state index in [0.717, 1.165) is 42.4 Å². The Kier molecular flexibility index (Phi) is 16.7. The summed E-state index contributed by atoms with van der Waals surface area (Å²) in [5, 5.41) is 38.8. The highest BCUT2D eigenvalue weighted by Crippen LogP contribution is 2.62. The van der Waals surface area contributed by atoms with E-state index in [1.165, 1.54) is 12.1 Å². The Morgan fingerprint density at radius 1 is 1.02 bits per heavy atom. The second-order valence-electron chi connectivity index (χ2n) is 16.1.